The second kappa shape index (κ2) is 19.9. The first-order valence-corrected chi connectivity index (χ1v) is 12.8. The van der Waals surface area contributed by atoms with Crippen molar-refractivity contribution >= 4 is 5.97 Å². The topological polar surface area (TPSA) is 54.0 Å². The zero-order valence-electron chi connectivity index (χ0n) is 20.8. The van der Waals surface area contributed by atoms with Crippen molar-refractivity contribution in [3.8, 4) is 11.5 Å². The summed E-state index contributed by atoms with van der Waals surface area (Å²) in [5.74, 6) is 0.267. The molecule has 1 aromatic carbocycles. The van der Waals surface area contributed by atoms with Crippen LogP contribution in [0.3, 0.4) is 0 Å². The Morgan fingerprint density at radius 3 is 1.66 bits per heavy atom. The summed E-state index contributed by atoms with van der Waals surface area (Å²) >= 11 is 0. The standard InChI is InChI=1S/C27H46O5/c1-4-5-6-7-8-9-10-11-12-13-14-15-16-17-18-19-23-31-32-27(28)24-21-20-22-25(29-2)26(24)30-3/h20-22H,4-19,23H2,1-3H3. The van der Waals surface area contributed by atoms with Gasteiger partial charge in [-0.15, -0.1) is 0 Å². The molecule has 0 aliphatic heterocycles. The Labute approximate surface area is 196 Å². The molecule has 0 saturated heterocycles. The maximum absolute atomic E-state index is 12.2. The predicted octanol–water partition coefficient (Wildman–Crippen LogP) is 8.05. The van der Waals surface area contributed by atoms with Gasteiger partial charge in [0, 0.05) is 0 Å². The fourth-order valence-electron chi connectivity index (χ4n) is 3.90. The molecule has 0 amide bonds. The van der Waals surface area contributed by atoms with E-state index in [0.29, 0.717) is 23.7 Å². The maximum atomic E-state index is 12.2. The number of unbranched alkanes of at least 4 members (excludes halogenated alkanes) is 15. The molecule has 184 valence electrons. The van der Waals surface area contributed by atoms with Crippen LogP contribution in [0.2, 0.25) is 0 Å². The van der Waals surface area contributed by atoms with E-state index in [-0.39, 0.29) is 0 Å². The Kier molecular flexibility index (Phi) is 17.6. The van der Waals surface area contributed by atoms with Crippen LogP contribution in [0, 0.1) is 0 Å². The summed E-state index contributed by atoms with van der Waals surface area (Å²) in [6.07, 6.45) is 21.2. The number of methoxy groups -OCH3 is 2. The monoisotopic (exact) mass is 450 g/mol. The highest BCUT2D eigenvalue weighted by Gasteiger charge is 2.18. The molecule has 32 heavy (non-hydrogen) atoms. The Morgan fingerprint density at radius 2 is 1.19 bits per heavy atom. The molecule has 1 aromatic rings. The summed E-state index contributed by atoms with van der Waals surface area (Å²) < 4.78 is 10.4. The van der Waals surface area contributed by atoms with E-state index >= 15 is 0 Å². The lowest BCUT2D eigenvalue weighted by atomic mass is 10.0. The first-order valence-electron chi connectivity index (χ1n) is 12.8. The molecule has 0 atom stereocenters. The summed E-state index contributed by atoms with van der Waals surface area (Å²) in [4.78, 5) is 22.2. The molecule has 0 unspecified atom stereocenters. The minimum atomic E-state index is -0.572. The molecule has 0 aliphatic carbocycles. The van der Waals surface area contributed by atoms with E-state index in [2.05, 4.69) is 6.92 Å². The number of benzene rings is 1. The highest BCUT2D eigenvalue weighted by molar-refractivity contribution is 5.93. The fraction of sp³-hybridized carbons (Fsp3) is 0.741. The zero-order chi connectivity index (χ0) is 23.3. The molecular formula is C27H46O5. The van der Waals surface area contributed by atoms with Crippen molar-refractivity contribution in [2.24, 2.45) is 0 Å². The number of para-hydroxylation sites is 1. The van der Waals surface area contributed by atoms with Crippen LogP contribution >= 0.6 is 0 Å². The third-order valence-corrected chi connectivity index (χ3v) is 5.84. The van der Waals surface area contributed by atoms with Gasteiger partial charge >= 0.3 is 5.97 Å². The van der Waals surface area contributed by atoms with Gasteiger partial charge in [-0.2, -0.15) is 4.89 Å². The molecule has 0 radical (unpaired) electrons. The zero-order valence-corrected chi connectivity index (χ0v) is 20.8. The van der Waals surface area contributed by atoms with Crippen LogP contribution in [0.25, 0.3) is 0 Å². The minimum Gasteiger partial charge on any atom is -0.493 e. The molecule has 0 aliphatic rings. The third-order valence-electron chi connectivity index (χ3n) is 5.84. The average Bonchev–Trinajstić information content (AvgIpc) is 2.82. The number of rotatable bonds is 21. The van der Waals surface area contributed by atoms with Crippen LogP contribution in [0.1, 0.15) is 120 Å². The van der Waals surface area contributed by atoms with Crippen LogP contribution in [0.5, 0.6) is 11.5 Å². The average molecular weight is 451 g/mol. The van der Waals surface area contributed by atoms with Gasteiger partial charge < -0.3 is 9.47 Å². The first kappa shape index (κ1) is 28.3. The summed E-state index contributed by atoms with van der Waals surface area (Å²) in [5.41, 5.74) is 0.291. The maximum Gasteiger partial charge on any atom is 0.376 e. The van der Waals surface area contributed by atoms with Gasteiger partial charge in [-0.3, -0.25) is 4.89 Å². The number of hydrogen-bond donors (Lipinski definition) is 0. The lowest BCUT2D eigenvalue weighted by Gasteiger charge is -2.11. The predicted molar refractivity (Wildman–Crippen MR) is 130 cm³/mol. The number of ether oxygens (including phenoxy) is 2. The Morgan fingerprint density at radius 1 is 0.688 bits per heavy atom. The van der Waals surface area contributed by atoms with Gasteiger partial charge in [0.15, 0.2) is 11.5 Å². The van der Waals surface area contributed by atoms with Gasteiger partial charge in [-0.25, -0.2) is 4.79 Å². The first-order chi connectivity index (χ1) is 15.7. The summed E-state index contributed by atoms with van der Waals surface area (Å²) in [6, 6.07) is 5.07. The smallest absolute Gasteiger partial charge is 0.376 e. The van der Waals surface area contributed by atoms with Gasteiger partial charge in [-0.1, -0.05) is 109 Å². The Hall–Kier alpha value is -1.75. The van der Waals surface area contributed by atoms with Crippen LogP contribution in [-0.2, 0) is 9.78 Å². The third kappa shape index (κ3) is 12.9. The molecule has 5 heteroatoms. The minimum absolute atomic E-state index is 0.291. The Bertz CT molecular complexity index is 587. The number of carbonyl (C=O) groups excluding carboxylic acids is 1. The Balaban J connectivity index is 1.91. The molecule has 1 rings (SSSR count). The molecule has 0 saturated carbocycles. The molecule has 0 bridgehead atoms. The van der Waals surface area contributed by atoms with Crippen LogP contribution in [0.15, 0.2) is 18.2 Å². The van der Waals surface area contributed by atoms with E-state index < -0.39 is 5.97 Å². The lowest BCUT2D eigenvalue weighted by Crippen LogP contribution is -2.09. The van der Waals surface area contributed by atoms with Crippen molar-refractivity contribution < 1.29 is 24.0 Å². The molecule has 0 fully saturated rings. The van der Waals surface area contributed by atoms with E-state index in [1.54, 1.807) is 18.2 Å². The number of hydrogen-bond acceptors (Lipinski definition) is 5. The lowest BCUT2D eigenvalue weighted by molar-refractivity contribution is -0.241. The van der Waals surface area contributed by atoms with Crippen LogP contribution in [-0.4, -0.2) is 26.8 Å². The van der Waals surface area contributed by atoms with Gasteiger partial charge in [0.2, 0.25) is 0 Å². The van der Waals surface area contributed by atoms with E-state index in [0.717, 1.165) is 12.8 Å². The molecule has 0 aromatic heterocycles. The largest absolute Gasteiger partial charge is 0.493 e. The van der Waals surface area contributed by atoms with Gasteiger partial charge in [0.25, 0.3) is 0 Å². The van der Waals surface area contributed by atoms with Gasteiger partial charge in [0.05, 0.1) is 20.8 Å². The van der Waals surface area contributed by atoms with Crippen LogP contribution < -0.4 is 9.47 Å². The van der Waals surface area contributed by atoms with E-state index in [9.17, 15) is 4.79 Å². The number of carbonyl (C=O) groups is 1. The van der Waals surface area contributed by atoms with Crippen molar-refractivity contribution in [1.82, 2.24) is 0 Å². The van der Waals surface area contributed by atoms with Crippen molar-refractivity contribution in [3.05, 3.63) is 23.8 Å². The van der Waals surface area contributed by atoms with Crippen molar-refractivity contribution in [2.75, 3.05) is 20.8 Å². The van der Waals surface area contributed by atoms with E-state index in [4.69, 9.17) is 19.2 Å². The van der Waals surface area contributed by atoms with E-state index in [1.165, 1.54) is 104 Å². The normalized spacial score (nSPS) is 10.8. The van der Waals surface area contributed by atoms with Crippen molar-refractivity contribution in [3.63, 3.8) is 0 Å². The fourth-order valence-corrected chi connectivity index (χ4v) is 3.90. The van der Waals surface area contributed by atoms with E-state index in [1.807, 2.05) is 0 Å². The summed E-state index contributed by atoms with van der Waals surface area (Å²) in [6.45, 7) is 2.69. The molecular weight excluding hydrogens is 404 g/mol. The molecule has 0 N–H and O–H groups in total. The van der Waals surface area contributed by atoms with Gasteiger partial charge in [-0.05, 0) is 18.6 Å². The molecule has 0 spiro atoms. The van der Waals surface area contributed by atoms with Crippen molar-refractivity contribution in [2.45, 2.75) is 110 Å². The second-order valence-electron chi connectivity index (χ2n) is 8.54. The molecule has 0 heterocycles. The second-order valence-corrected chi connectivity index (χ2v) is 8.54. The summed E-state index contributed by atoms with van der Waals surface area (Å²) in [5, 5.41) is 0. The molecule has 5 nitrogen and oxygen atoms in total. The van der Waals surface area contributed by atoms with Crippen LogP contribution in [0.4, 0.5) is 0 Å². The quantitative estimate of drug-likeness (QED) is 0.108. The highest BCUT2D eigenvalue weighted by atomic mass is 17.2. The highest BCUT2D eigenvalue weighted by Crippen LogP contribution is 2.31. The van der Waals surface area contributed by atoms with Gasteiger partial charge in [0.1, 0.15) is 5.56 Å². The summed E-state index contributed by atoms with van der Waals surface area (Å²) in [7, 11) is 3.02. The van der Waals surface area contributed by atoms with Crippen molar-refractivity contribution in [1.29, 1.82) is 0 Å². The SMILES string of the molecule is CCCCCCCCCCCCCCCCCCOOC(=O)c1cccc(OC)c1OC.